The van der Waals surface area contributed by atoms with Crippen LogP contribution in [0, 0.1) is 11.8 Å². The number of aliphatic hydroxyl groups excluding tert-OH is 1. The van der Waals surface area contributed by atoms with Crippen molar-refractivity contribution in [3.63, 3.8) is 0 Å². The first-order valence-electron chi connectivity index (χ1n) is 5.87. The summed E-state index contributed by atoms with van der Waals surface area (Å²) in [6.45, 7) is 7.37. The number of nitrogens with zero attached hydrogens (tertiary/aromatic N) is 1. The van der Waals surface area contributed by atoms with Crippen LogP contribution in [0.3, 0.4) is 0 Å². The van der Waals surface area contributed by atoms with Crippen molar-refractivity contribution in [2.75, 3.05) is 13.6 Å². The topological polar surface area (TPSA) is 23.5 Å². The molecule has 1 rings (SSSR count). The van der Waals surface area contributed by atoms with Gasteiger partial charge < -0.3 is 10.0 Å². The summed E-state index contributed by atoms with van der Waals surface area (Å²) < 4.78 is 0. The Hall–Kier alpha value is -0.0800. The summed E-state index contributed by atoms with van der Waals surface area (Å²) in [5.74, 6) is 1.69. The zero-order valence-corrected chi connectivity index (χ0v) is 10.0. The molecule has 3 unspecified atom stereocenters. The standard InChI is InChI=1S/C12H25NO/c1-9-5-10(2)7-12(6-9)13(4)8-11(3)14/h9-12,14H,5-8H2,1-4H3. The van der Waals surface area contributed by atoms with Crippen LogP contribution in [0.25, 0.3) is 0 Å². The molecule has 0 radical (unpaired) electrons. The van der Waals surface area contributed by atoms with Gasteiger partial charge in [-0.15, -0.1) is 0 Å². The lowest BCUT2D eigenvalue weighted by atomic mass is 9.80. The minimum Gasteiger partial charge on any atom is -0.392 e. The second kappa shape index (κ2) is 5.13. The van der Waals surface area contributed by atoms with Crippen LogP contribution in [0.1, 0.15) is 40.0 Å². The molecule has 14 heavy (non-hydrogen) atoms. The molecule has 1 fully saturated rings. The van der Waals surface area contributed by atoms with E-state index in [-0.39, 0.29) is 6.10 Å². The smallest absolute Gasteiger partial charge is 0.0639 e. The van der Waals surface area contributed by atoms with Gasteiger partial charge in [-0.05, 0) is 45.1 Å². The first kappa shape index (κ1) is 12.0. The fraction of sp³-hybridized carbons (Fsp3) is 1.00. The minimum atomic E-state index is -0.201. The van der Waals surface area contributed by atoms with Crippen molar-refractivity contribution < 1.29 is 5.11 Å². The zero-order valence-electron chi connectivity index (χ0n) is 10.0. The third-order valence-corrected chi connectivity index (χ3v) is 3.33. The van der Waals surface area contributed by atoms with Gasteiger partial charge in [0.1, 0.15) is 0 Å². The summed E-state index contributed by atoms with van der Waals surface area (Å²) >= 11 is 0. The Kier molecular flexibility index (Phi) is 4.39. The van der Waals surface area contributed by atoms with Gasteiger partial charge in [0.15, 0.2) is 0 Å². The predicted octanol–water partition coefficient (Wildman–Crippen LogP) is 2.12. The van der Waals surface area contributed by atoms with E-state index in [0.29, 0.717) is 6.04 Å². The number of likely N-dealkylation sites (N-methyl/N-ethyl adjacent to an activating group) is 1. The Balaban J connectivity index is 2.42. The number of aliphatic hydroxyl groups is 1. The highest BCUT2D eigenvalue weighted by molar-refractivity contribution is 4.81. The molecule has 0 saturated heterocycles. The van der Waals surface area contributed by atoms with Crippen LogP contribution in [0.2, 0.25) is 0 Å². The SMILES string of the molecule is CC(O)CN(C)C1CC(C)CC(C)C1. The molecule has 1 N–H and O–H groups in total. The molecule has 2 heteroatoms. The average molecular weight is 199 g/mol. The van der Waals surface area contributed by atoms with E-state index in [1.54, 1.807) is 0 Å². The molecule has 1 saturated carbocycles. The Morgan fingerprint density at radius 2 is 1.71 bits per heavy atom. The third kappa shape index (κ3) is 3.58. The summed E-state index contributed by atoms with van der Waals surface area (Å²) in [7, 11) is 2.14. The van der Waals surface area contributed by atoms with Crippen molar-refractivity contribution in [3.8, 4) is 0 Å². The van der Waals surface area contributed by atoms with Crippen LogP contribution in [0.5, 0.6) is 0 Å². The second-order valence-electron chi connectivity index (χ2n) is 5.36. The molecule has 2 nitrogen and oxygen atoms in total. The van der Waals surface area contributed by atoms with Gasteiger partial charge in [-0.2, -0.15) is 0 Å². The number of rotatable bonds is 3. The quantitative estimate of drug-likeness (QED) is 0.752. The van der Waals surface area contributed by atoms with Gasteiger partial charge in [-0.3, -0.25) is 0 Å². The van der Waals surface area contributed by atoms with Crippen molar-refractivity contribution in [2.45, 2.75) is 52.2 Å². The molecule has 0 spiro atoms. The average Bonchev–Trinajstić information content (AvgIpc) is 2.00. The fourth-order valence-electron chi connectivity index (χ4n) is 2.83. The summed E-state index contributed by atoms with van der Waals surface area (Å²) in [4.78, 5) is 2.33. The minimum absolute atomic E-state index is 0.201. The molecule has 0 aromatic carbocycles. The molecule has 0 aromatic heterocycles. The molecule has 1 aliphatic carbocycles. The molecule has 0 heterocycles. The lowest BCUT2D eigenvalue weighted by molar-refractivity contribution is 0.0801. The summed E-state index contributed by atoms with van der Waals surface area (Å²) in [6, 6.07) is 0.684. The number of hydrogen-bond donors (Lipinski definition) is 1. The summed E-state index contributed by atoms with van der Waals surface area (Å²) in [5, 5.41) is 9.34. The fourth-order valence-corrected chi connectivity index (χ4v) is 2.83. The molecule has 0 aromatic rings. The van der Waals surface area contributed by atoms with Crippen LogP contribution in [0.4, 0.5) is 0 Å². The van der Waals surface area contributed by atoms with Crippen molar-refractivity contribution in [1.82, 2.24) is 4.90 Å². The van der Waals surface area contributed by atoms with E-state index >= 15 is 0 Å². The molecular weight excluding hydrogens is 174 g/mol. The molecule has 3 atom stereocenters. The number of hydrogen-bond acceptors (Lipinski definition) is 2. The second-order valence-corrected chi connectivity index (χ2v) is 5.36. The van der Waals surface area contributed by atoms with E-state index < -0.39 is 0 Å². The van der Waals surface area contributed by atoms with Crippen molar-refractivity contribution in [2.24, 2.45) is 11.8 Å². The Labute approximate surface area is 88.3 Å². The Bertz CT molecular complexity index is 160. The van der Waals surface area contributed by atoms with Crippen LogP contribution < -0.4 is 0 Å². The van der Waals surface area contributed by atoms with E-state index in [1.165, 1.54) is 19.3 Å². The lowest BCUT2D eigenvalue weighted by Crippen LogP contribution is -2.41. The monoisotopic (exact) mass is 199 g/mol. The van der Waals surface area contributed by atoms with Gasteiger partial charge in [0, 0.05) is 12.6 Å². The van der Waals surface area contributed by atoms with E-state index in [4.69, 9.17) is 0 Å². The van der Waals surface area contributed by atoms with E-state index in [0.717, 1.165) is 18.4 Å². The molecular formula is C12H25NO. The van der Waals surface area contributed by atoms with E-state index in [9.17, 15) is 5.11 Å². The van der Waals surface area contributed by atoms with Crippen LogP contribution in [-0.2, 0) is 0 Å². The highest BCUT2D eigenvalue weighted by Crippen LogP contribution is 2.30. The van der Waals surface area contributed by atoms with Gasteiger partial charge in [0.25, 0.3) is 0 Å². The van der Waals surface area contributed by atoms with E-state index in [1.807, 2.05) is 6.92 Å². The zero-order chi connectivity index (χ0) is 10.7. The van der Waals surface area contributed by atoms with Crippen LogP contribution >= 0.6 is 0 Å². The first-order chi connectivity index (χ1) is 6.49. The first-order valence-corrected chi connectivity index (χ1v) is 5.87. The van der Waals surface area contributed by atoms with Crippen molar-refractivity contribution in [1.29, 1.82) is 0 Å². The summed E-state index contributed by atoms with van der Waals surface area (Å²) in [6.07, 6.45) is 3.77. The predicted molar refractivity (Wildman–Crippen MR) is 60.3 cm³/mol. The van der Waals surface area contributed by atoms with Gasteiger partial charge in [-0.1, -0.05) is 13.8 Å². The molecule has 0 bridgehead atoms. The van der Waals surface area contributed by atoms with Gasteiger partial charge >= 0.3 is 0 Å². The highest BCUT2D eigenvalue weighted by atomic mass is 16.3. The molecule has 0 aliphatic heterocycles. The third-order valence-electron chi connectivity index (χ3n) is 3.33. The lowest BCUT2D eigenvalue weighted by Gasteiger charge is -2.37. The van der Waals surface area contributed by atoms with Gasteiger partial charge in [-0.25, -0.2) is 0 Å². The Morgan fingerprint density at radius 1 is 1.21 bits per heavy atom. The molecule has 0 amide bonds. The Morgan fingerprint density at radius 3 is 2.14 bits per heavy atom. The maximum Gasteiger partial charge on any atom is 0.0639 e. The largest absolute Gasteiger partial charge is 0.392 e. The molecule has 84 valence electrons. The van der Waals surface area contributed by atoms with Crippen molar-refractivity contribution in [3.05, 3.63) is 0 Å². The maximum absolute atomic E-state index is 9.34. The van der Waals surface area contributed by atoms with Crippen molar-refractivity contribution >= 4 is 0 Å². The van der Waals surface area contributed by atoms with Crippen LogP contribution in [0.15, 0.2) is 0 Å². The van der Waals surface area contributed by atoms with Gasteiger partial charge in [0.2, 0.25) is 0 Å². The molecule has 1 aliphatic rings. The summed E-state index contributed by atoms with van der Waals surface area (Å²) in [5.41, 5.74) is 0. The maximum atomic E-state index is 9.34. The van der Waals surface area contributed by atoms with E-state index in [2.05, 4.69) is 25.8 Å². The highest BCUT2D eigenvalue weighted by Gasteiger charge is 2.26. The van der Waals surface area contributed by atoms with Crippen LogP contribution in [-0.4, -0.2) is 35.7 Å². The normalized spacial score (nSPS) is 36.0. The van der Waals surface area contributed by atoms with Gasteiger partial charge in [0.05, 0.1) is 6.10 Å².